The highest BCUT2D eigenvalue weighted by atomic mass is 79.9. The topological polar surface area (TPSA) is 17.1 Å². The van der Waals surface area contributed by atoms with Gasteiger partial charge in [0, 0.05) is 16.5 Å². The second-order valence-electron chi connectivity index (χ2n) is 3.79. The van der Waals surface area contributed by atoms with Crippen molar-refractivity contribution in [3.05, 3.63) is 33.8 Å². The van der Waals surface area contributed by atoms with Gasteiger partial charge in [0.1, 0.15) is 0 Å². The highest BCUT2D eigenvalue weighted by Crippen LogP contribution is 2.23. The Hall–Kier alpha value is -0.630. The molecule has 0 radical (unpaired) electrons. The number of Topliss-reactive ketones (excluding diaryl/α,β-unsaturated/α-hetero) is 1. The van der Waals surface area contributed by atoms with Crippen LogP contribution in [0.25, 0.3) is 0 Å². The lowest BCUT2D eigenvalue weighted by molar-refractivity contribution is 0.0976. The van der Waals surface area contributed by atoms with Crippen LogP contribution in [0.4, 0.5) is 0 Å². The smallest absolute Gasteiger partial charge is 0.163 e. The van der Waals surface area contributed by atoms with Crippen LogP contribution in [0.3, 0.4) is 0 Å². The van der Waals surface area contributed by atoms with Crippen LogP contribution in [0.15, 0.2) is 22.7 Å². The molecule has 14 heavy (non-hydrogen) atoms. The minimum absolute atomic E-state index is 0.306. The van der Waals surface area contributed by atoms with Crippen LogP contribution < -0.4 is 0 Å². The monoisotopic (exact) mass is 252 g/mol. The van der Waals surface area contributed by atoms with Gasteiger partial charge in [-0.15, -0.1) is 0 Å². The summed E-state index contributed by atoms with van der Waals surface area (Å²) >= 11 is 3.41. The van der Waals surface area contributed by atoms with Gasteiger partial charge in [-0.1, -0.05) is 28.4 Å². The summed E-state index contributed by atoms with van der Waals surface area (Å²) in [5.74, 6) is 0.306. The van der Waals surface area contributed by atoms with Crippen LogP contribution >= 0.6 is 15.9 Å². The van der Waals surface area contributed by atoms with Gasteiger partial charge in [0.2, 0.25) is 0 Å². The van der Waals surface area contributed by atoms with Crippen LogP contribution in [0.2, 0.25) is 0 Å². The molecule has 2 heteroatoms. The van der Waals surface area contributed by atoms with Gasteiger partial charge in [-0.05, 0) is 37.0 Å². The number of carbonyl (C=O) groups excluding carboxylic acids is 1. The minimum Gasteiger partial charge on any atom is -0.294 e. The third kappa shape index (κ3) is 2.06. The number of hydrogen-bond acceptors (Lipinski definition) is 1. The number of hydrogen-bond donors (Lipinski definition) is 0. The summed E-state index contributed by atoms with van der Waals surface area (Å²) in [5, 5.41) is 0. The average Bonchev–Trinajstić information content (AvgIpc) is 2.16. The van der Waals surface area contributed by atoms with E-state index >= 15 is 0 Å². The van der Waals surface area contributed by atoms with Crippen molar-refractivity contribution in [1.82, 2.24) is 0 Å². The van der Waals surface area contributed by atoms with Crippen molar-refractivity contribution in [3.8, 4) is 0 Å². The third-order valence-electron chi connectivity index (χ3n) is 2.72. The Morgan fingerprint density at radius 1 is 1.07 bits per heavy atom. The Bertz CT molecular complexity index is 357. The molecule has 0 N–H and O–H groups in total. The molecule has 1 nitrogen and oxygen atoms in total. The number of halogens is 1. The van der Waals surface area contributed by atoms with Gasteiger partial charge in [-0.2, -0.15) is 0 Å². The maximum absolute atomic E-state index is 11.8. The van der Waals surface area contributed by atoms with Crippen molar-refractivity contribution in [3.63, 3.8) is 0 Å². The molecule has 74 valence electrons. The quantitative estimate of drug-likeness (QED) is 0.688. The molecule has 0 heterocycles. The molecule has 0 amide bonds. The van der Waals surface area contributed by atoms with Crippen LogP contribution in [-0.4, -0.2) is 5.78 Å². The number of benzene rings is 1. The van der Waals surface area contributed by atoms with Gasteiger partial charge in [-0.3, -0.25) is 4.79 Å². The van der Waals surface area contributed by atoms with Gasteiger partial charge >= 0.3 is 0 Å². The third-order valence-corrected chi connectivity index (χ3v) is 3.22. The van der Waals surface area contributed by atoms with E-state index in [1.165, 1.54) is 18.4 Å². The van der Waals surface area contributed by atoms with Crippen LogP contribution in [0, 0.1) is 0 Å². The fourth-order valence-electron chi connectivity index (χ4n) is 1.94. The Labute approximate surface area is 92.6 Å². The van der Waals surface area contributed by atoms with E-state index in [2.05, 4.69) is 22.0 Å². The molecule has 0 saturated carbocycles. The van der Waals surface area contributed by atoms with E-state index in [0.717, 1.165) is 22.9 Å². The lowest BCUT2D eigenvalue weighted by Gasteiger charge is -2.12. The predicted molar refractivity (Wildman–Crippen MR) is 60.6 cm³/mol. The van der Waals surface area contributed by atoms with Gasteiger partial charge in [0.05, 0.1) is 0 Å². The van der Waals surface area contributed by atoms with E-state index in [1.807, 2.05) is 12.1 Å². The van der Waals surface area contributed by atoms with Crippen molar-refractivity contribution >= 4 is 21.7 Å². The van der Waals surface area contributed by atoms with Crippen LogP contribution in [0.5, 0.6) is 0 Å². The first-order valence-corrected chi connectivity index (χ1v) is 5.88. The van der Waals surface area contributed by atoms with E-state index in [4.69, 9.17) is 0 Å². The number of fused-ring (bicyclic) bond motifs is 1. The highest BCUT2D eigenvalue weighted by molar-refractivity contribution is 9.10. The summed E-state index contributed by atoms with van der Waals surface area (Å²) in [6.45, 7) is 0. The number of carbonyl (C=O) groups is 1. The molecular formula is C12H13BrO. The Kier molecular flexibility index (Phi) is 3.02. The first-order chi connectivity index (χ1) is 6.77. The van der Waals surface area contributed by atoms with Crippen LogP contribution in [-0.2, 0) is 6.42 Å². The molecule has 0 aromatic heterocycles. The van der Waals surface area contributed by atoms with E-state index in [1.54, 1.807) is 0 Å². The van der Waals surface area contributed by atoms with Crippen molar-refractivity contribution in [2.45, 2.75) is 32.1 Å². The summed E-state index contributed by atoms with van der Waals surface area (Å²) < 4.78 is 1.00. The molecule has 0 aliphatic heterocycles. The van der Waals surface area contributed by atoms with Crippen molar-refractivity contribution in [1.29, 1.82) is 0 Å². The van der Waals surface area contributed by atoms with Gasteiger partial charge < -0.3 is 0 Å². The number of aryl methyl sites for hydroxylation is 1. The van der Waals surface area contributed by atoms with E-state index in [9.17, 15) is 4.79 Å². The second kappa shape index (κ2) is 4.26. The summed E-state index contributed by atoms with van der Waals surface area (Å²) in [5.41, 5.74) is 2.15. The molecule has 0 spiro atoms. The van der Waals surface area contributed by atoms with E-state index in [0.29, 0.717) is 12.2 Å². The summed E-state index contributed by atoms with van der Waals surface area (Å²) in [4.78, 5) is 11.8. The molecule has 0 saturated heterocycles. The molecule has 1 aliphatic rings. The summed E-state index contributed by atoms with van der Waals surface area (Å²) in [7, 11) is 0. The largest absolute Gasteiger partial charge is 0.294 e. The lowest BCUT2D eigenvalue weighted by atomic mass is 9.93. The van der Waals surface area contributed by atoms with E-state index in [-0.39, 0.29) is 0 Å². The van der Waals surface area contributed by atoms with Crippen molar-refractivity contribution in [2.75, 3.05) is 0 Å². The zero-order valence-corrected chi connectivity index (χ0v) is 9.64. The maximum atomic E-state index is 11.8. The summed E-state index contributed by atoms with van der Waals surface area (Å²) in [6, 6.07) is 6.05. The standard InChI is InChI=1S/C12H13BrO/c13-10-7-6-9-4-2-1-3-5-12(14)11(9)8-10/h6-8H,1-5H2. The fourth-order valence-corrected chi connectivity index (χ4v) is 2.30. The molecule has 1 aromatic carbocycles. The van der Waals surface area contributed by atoms with Crippen LogP contribution in [0.1, 0.15) is 41.6 Å². The van der Waals surface area contributed by atoms with E-state index < -0.39 is 0 Å². The zero-order chi connectivity index (χ0) is 9.97. The number of ketones is 1. The first-order valence-electron chi connectivity index (χ1n) is 5.09. The molecular weight excluding hydrogens is 240 g/mol. The molecule has 2 rings (SSSR count). The number of rotatable bonds is 0. The Balaban J connectivity index is 2.41. The first kappa shape index (κ1) is 9.91. The second-order valence-corrected chi connectivity index (χ2v) is 4.70. The Morgan fingerprint density at radius 2 is 1.86 bits per heavy atom. The molecule has 0 unspecified atom stereocenters. The molecule has 0 bridgehead atoms. The fraction of sp³-hybridized carbons (Fsp3) is 0.417. The predicted octanol–water partition coefficient (Wildman–Crippen LogP) is 3.75. The van der Waals surface area contributed by atoms with Gasteiger partial charge in [-0.25, -0.2) is 0 Å². The molecule has 0 atom stereocenters. The average molecular weight is 253 g/mol. The van der Waals surface area contributed by atoms with Crippen molar-refractivity contribution in [2.24, 2.45) is 0 Å². The maximum Gasteiger partial charge on any atom is 0.163 e. The van der Waals surface area contributed by atoms with Gasteiger partial charge in [0.15, 0.2) is 5.78 Å². The minimum atomic E-state index is 0.306. The highest BCUT2D eigenvalue weighted by Gasteiger charge is 2.13. The normalized spacial score (nSPS) is 17.1. The lowest BCUT2D eigenvalue weighted by Crippen LogP contribution is -2.07. The zero-order valence-electron chi connectivity index (χ0n) is 8.05. The summed E-state index contributed by atoms with van der Waals surface area (Å²) in [6.07, 6.45) is 5.20. The Morgan fingerprint density at radius 3 is 2.71 bits per heavy atom. The molecule has 1 aliphatic carbocycles. The SMILES string of the molecule is O=C1CCCCCc2ccc(Br)cc21. The van der Waals surface area contributed by atoms with Crippen molar-refractivity contribution < 1.29 is 4.79 Å². The molecule has 0 fully saturated rings. The molecule has 1 aromatic rings. The van der Waals surface area contributed by atoms with Gasteiger partial charge in [0.25, 0.3) is 0 Å².